The zero-order chi connectivity index (χ0) is 15.6. The minimum absolute atomic E-state index is 0.254. The lowest BCUT2D eigenvalue weighted by molar-refractivity contribution is 0.354. The molecule has 1 atom stereocenters. The molecule has 2 aromatic carbocycles. The van der Waals surface area contributed by atoms with Crippen molar-refractivity contribution in [3.05, 3.63) is 56.0 Å². The van der Waals surface area contributed by atoms with Crippen LogP contribution in [0.3, 0.4) is 0 Å². The molecule has 0 aromatic heterocycles. The standard InChI is InChI=1S/C16H17Br2NO2/c1-9-4-5-10(6-12(9)17)16(19)11-7-14(20-2)15(21-3)8-13(11)18/h4-8,16H,19H2,1-3H3. The summed E-state index contributed by atoms with van der Waals surface area (Å²) in [4.78, 5) is 0. The van der Waals surface area contributed by atoms with Gasteiger partial charge in [0.2, 0.25) is 0 Å². The third kappa shape index (κ3) is 3.42. The molecule has 0 amide bonds. The highest BCUT2D eigenvalue weighted by Crippen LogP contribution is 2.37. The molecule has 0 saturated carbocycles. The van der Waals surface area contributed by atoms with Crippen molar-refractivity contribution >= 4 is 31.9 Å². The molecule has 0 bridgehead atoms. The quantitative estimate of drug-likeness (QED) is 0.795. The number of hydrogen-bond acceptors (Lipinski definition) is 3. The summed E-state index contributed by atoms with van der Waals surface area (Å²) in [5, 5.41) is 0. The largest absolute Gasteiger partial charge is 0.493 e. The zero-order valence-electron chi connectivity index (χ0n) is 12.1. The van der Waals surface area contributed by atoms with E-state index in [1.807, 2.05) is 37.3 Å². The van der Waals surface area contributed by atoms with E-state index in [1.54, 1.807) is 14.2 Å². The van der Waals surface area contributed by atoms with Crippen molar-refractivity contribution in [3.8, 4) is 11.5 Å². The summed E-state index contributed by atoms with van der Waals surface area (Å²) in [5.74, 6) is 1.34. The van der Waals surface area contributed by atoms with Gasteiger partial charge in [0, 0.05) is 8.95 Å². The Bertz CT molecular complexity index is 659. The predicted molar refractivity (Wildman–Crippen MR) is 92.2 cm³/mol. The van der Waals surface area contributed by atoms with E-state index in [-0.39, 0.29) is 6.04 Å². The number of halogens is 2. The lowest BCUT2D eigenvalue weighted by Crippen LogP contribution is -2.13. The van der Waals surface area contributed by atoms with E-state index >= 15 is 0 Å². The van der Waals surface area contributed by atoms with Crippen LogP contribution >= 0.6 is 31.9 Å². The minimum atomic E-state index is -0.254. The molecule has 3 nitrogen and oxygen atoms in total. The second-order valence-electron chi connectivity index (χ2n) is 4.71. The molecule has 2 aromatic rings. The molecule has 5 heteroatoms. The molecule has 2 N–H and O–H groups in total. The SMILES string of the molecule is COc1cc(Br)c(C(N)c2ccc(C)c(Br)c2)cc1OC. The fourth-order valence-electron chi connectivity index (χ4n) is 2.09. The highest BCUT2D eigenvalue weighted by Gasteiger charge is 2.17. The van der Waals surface area contributed by atoms with Gasteiger partial charge in [0.05, 0.1) is 20.3 Å². The van der Waals surface area contributed by atoms with Crippen LogP contribution in [0, 0.1) is 6.92 Å². The number of aryl methyl sites for hydroxylation is 1. The number of nitrogens with two attached hydrogens (primary N) is 1. The smallest absolute Gasteiger partial charge is 0.161 e. The Morgan fingerprint density at radius 3 is 2.14 bits per heavy atom. The molecule has 0 aliphatic heterocycles. The molecule has 0 aliphatic carbocycles. The lowest BCUT2D eigenvalue weighted by atomic mass is 9.98. The first-order valence-electron chi connectivity index (χ1n) is 6.41. The summed E-state index contributed by atoms with van der Waals surface area (Å²) in [5.41, 5.74) is 9.56. The monoisotopic (exact) mass is 413 g/mol. The van der Waals surface area contributed by atoms with Gasteiger partial charge in [-0.2, -0.15) is 0 Å². The molecule has 112 valence electrons. The minimum Gasteiger partial charge on any atom is -0.493 e. The number of hydrogen-bond donors (Lipinski definition) is 1. The molecule has 0 spiro atoms. The molecule has 2 rings (SSSR count). The van der Waals surface area contributed by atoms with Crippen LogP contribution in [-0.4, -0.2) is 14.2 Å². The average Bonchev–Trinajstić information content (AvgIpc) is 2.49. The van der Waals surface area contributed by atoms with Gasteiger partial charge < -0.3 is 15.2 Å². The van der Waals surface area contributed by atoms with Gasteiger partial charge >= 0.3 is 0 Å². The molecular weight excluding hydrogens is 398 g/mol. The van der Waals surface area contributed by atoms with Crippen LogP contribution in [0.25, 0.3) is 0 Å². The van der Waals surface area contributed by atoms with Crippen molar-refractivity contribution < 1.29 is 9.47 Å². The van der Waals surface area contributed by atoms with E-state index in [4.69, 9.17) is 15.2 Å². The Morgan fingerprint density at radius 1 is 0.952 bits per heavy atom. The summed E-state index contributed by atoms with van der Waals surface area (Å²) in [6, 6.07) is 9.65. The first-order chi connectivity index (χ1) is 9.97. The first-order valence-corrected chi connectivity index (χ1v) is 7.99. The van der Waals surface area contributed by atoms with Gasteiger partial charge in [-0.3, -0.25) is 0 Å². The molecule has 21 heavy (non-hydrogen) atoms. The second kappa shape index (κ2) is 6.81. The van der Waals surface area contributed by atoms with Crippen LogP contribution in [0.15, 0.2) is 39.3 Å². The molecule has 0 heterocycles. The normalized spacial score (nSPS) is 12.1. The Balaban J connectivity index is 2.47. The van der Waals surface area contributed by atoms with E-state index in [1.165, 1.54) is 5.56 Å². The third-order valence-electron chi connectivity index (χ3n) is 3.39. The maximum Gasteiger partial charge on any atom is 0.161 e. The van der Waals surface area contributed by atoms with Crippen LogP contribution in [-0.2, 0) is 0 Å². The molecular formula is C16H17Br2NO2. The number of rotatable bonds is 4. The Morgan fingerprint density at radius 2 is 1.57 bits per heavy atom. The van der Waals surface area contributed by atoms with Gasteiger partial charge in [-0.05, 0) is 41.8 Å². The van der Waals surface area contributed by atoms with Gasteiger partial charge in [0.1, 0.15) is 0 Å². The van der Waals surface area contributed by atoms with Crippen LogP contribution < -0.4 is 15.2 Å². The van der Waals surface area contributed by atoms with Crippen molar-refractivity contribution in [2.24, 2.45) is 5.73 Å². The summed E-state index contributed by atoms with van der Waals surface area (Å²) < 4.78 is 12.6. The first kappa shape index (κ1) is 16.3. The van der Waals surface area contributed by atoms with Crippen LogP contribution in [0.2, 0.25) is 0 Å². The average molecular weight is 415 g/mol. The highest BCUT2D eigenvalue weighted by molar-refractivity contribution is 9.10. The van der Waals surface area contributed by atoms with E-state index in [0.29, 0.717) is 11.5 Å². The van der Waals surface area contributed by atoms with Crippen LogP contribution in [0.5, 0.6) is 11.5 Å². The maximum atomic E-state index is 6.40. The van der Waals surface area contributed by atoms with Crippen molar-refractivity contribution in [1.82, 2.24) is 0 Å². The fraction of sp³-hybridized carbons (Fsp3) is 0.250. The van der Waals surface area contributed by atoms with Crippen molar-refractivity contribution in [1.29, 1.82) is 0 Å². The number of ether oxygens (including phenoxy) is 2. The number of methoxy groups -OCH3 is 2. The van der Waals surface area contributed by atoms with Gasteiger partial charge in [0.15, 0.2) is 11.5 Å². The molecule has 0 fully saturated rings. The second-order valence-corrected chi connectivity index (χ2v) is 6.42. The van der Waals surface area contributed by atoms with Gasteiger partial charge in [-0.25, -0.2) is 0 Å². The highest BCUT2D eigenvalue weighted by atomic mass is 79.9. The van der Waals surface area contributed by atoms with E-state index in [0.717, 1.165) is 20.1 Å². The van der Waals surface area contributed by atoms with Gasteiger partial charge in [-0.1, -0.05) is 44.0 Å². The third-order valence-corrected chi connectivity index (χ3v) is 4.93. The molecule has 0 aliphatic rings. The topological polar surface area (TPSA) is 44.5 Å². The maximum absolute atomic E-state index is 6.40. The van der Waals surface area contributed by atoms with Crippen LogP contribution in [0.1, 0.15) is 22.7 Å². The summed E-state index contributed by atoms with van der Waals surface area (Å²) >= 11 is 7.10. The zero-order valence-corrected chi connectivity index (χ0v) is 15.3. The van der Waals surface area contributed by atoms with Crippen molar-refractivity contribution in [2.45, 2.75) is 13.0 Å². The van der Waals surface area contributed by atoms with Crippen molar-refractivity contribution in [2.75, 3.05) is 14.2 Å². The summed E-state index contributed by atoms with van der Waals surface area (Å²) in [7, 11) is 3.23. The molecule has 0 radical (unpaired) electrons. The van der Waals surface area contributed by atoms with E-state index < -0.39 is 0 Å². The fourth-order valence-corrected chi connectivity index (χ4v) is 3.06. The van der Waals surface area contributed by atoms with Gasteiger partial charge in [-0.15, -0.1) is 0 Å². The predicted octanol–water partition coefficient (Wildman–Crippen LogP) is 4.59. The van der Waals surface area contributed by atoms with E-state index in [2.05, 4.69) is 31.9 Å². The number of benzene rings is 2. The Hall–Kier alpha value is -1.04. The Kier molecular flexibility index (Phi) is 5.30. The Labute approximate surface area is 141 Å². The lowest BCUT2D eigenvalue weighted by Gasteiger charge is -2.18. The summed E-state index contributed by atoms with van der Waals surface area (Å²) in [6.07, 6.45) is 0. The molecule has 0 saturated heterocycles. The van der Waals surface area contributed by atoms with Crippen molar-refractivity contribution in [3.63, 3.8) is 0 Å². The van der Waals surface area contributed by atoms with Gasteiger partial charge in [0.25, 0.3) is 0 Å². The molecule has 1 unspecified atom stereocenters. The van der Waals surface area contributed by atoms with E-state index in [9.17, 15) is 0 Å². The van der Waals surface area contributed by atoms with Crippen LogP contribution in [0.4, 0.5) is 0 Å². The summed E-state index contributed by atoms with van der Waals surface area (Å²) in [6.45, 7) is 2.05.